The van der Waals surface area contributed by atoms with Crippen molar-refractivity contribution >= 4 is 0 Å². The molecule has 1 atom stereocenters. The zero-order valence-corrected chi connectivity index (χ0v) is 10.9. The van der Waals surface area contributed by atoms with Crippen molar-refractivity contribution in [2.24, 2.45) is 22.7 Å². The molecule has 0 N–H and O–H groups in total. The van der Waals surface area contributed by atoms with Crippen LogP contribution in [0.4, 0.5) is 0 Å². The molecule has 0 heterocycles. The van der Waals surface area contributed by atoms with Crippen LogP contribution in [0.5, 0.6) is 0 Å². The summed E-state index contributed by atoms with van der Waals surface area (Å²) in [6, 6.07) is 0. The van der Waals surface area contributed by atoms with Crippen molar-refractivity contribution in [2.75, 3.05) is 0 Å². The lowest BCUT2D eigenvalue weighted by molar-refractivity contribution is 0.109. The third kappa shape index (κ3) is 4.69. The molecule has 0 spiro atoms. The van der Waals surface area contributed by atoms with Crippen LogP contribution < -0.4 is 0 Å². The minimum atomic E-state index is 0.451. The van der Waals surface area contributed by atoms with Gasteiger partial charge >= 0.3 is 0 Å². The third-order valence-electron chi connectivity index (χ3n) is 3.22. The fraction of sp³-hybridized carbons (Fsp3) is 1.00. The van der Waals surface area contributed by atoms with Gasteiger partial charge < -0.3 is 0 Å². The highest BCUT2D eigenvalue weighted by Crippen LogP contribution is 2.41. The summed E-state index contributed by atoms with van der Waals surface area (Å²) in [5.41, 5.74) is 0.916. The molecule has 0 aliphatic heterocycles. The molecule has 13 heavy (non-hydrogen) atoms. The van der Waals surface area contributed by atoms with Gasteiger partial charge in [-0.1, -0.05) is 55.4 Å². The molecule has 0 aromatic carbocycles. The summed E-state index contributed by atoms with van der Waals surface area (Å²) in [4.78, 5) is 0. The third-order valence-corrected chi connectivity index (χ3v) is 3.22. The molecule has 0 radical (unpaired) electrons. The average molecular weight is 184 g/mol. The van der Waals surface area contributed by atoms with E-state index >= 15 is 0 Å². The lowest BCUT2D eigenvalue weighted by Crippen LogP contribution is -2.30. The van der Waals surface area contributed by atoms with Gasteiger partial charge in [0.05, 0.1) is 0 Å². The molecule has 0 nitrogen and oxygen atoms in total. The molecule has 0 aliphatic carbocycles. The molecule has 80 valence electrons. The Labute approximate surface area is 85.1 Å². The van der Waals surface area contributed by atoms with Crippen LogP contribution in [0.1, 0.15) is 61.8 Å². The number of rotatable bonds is 3. The standard InChI is InChI=1S/C13H28/c1-10(2)11(3)13(7,8)9-12(4,5)6/h10-11H,9H2,1-8H3. The molecule has 0 saturated heterocycles. The largest absolute Gasteiger partial charge is 0.0625 e. The van der Waals surface area contributed by atoms with Crippen molar-refractivity contribution in [3.63, 3.8) is 0 Å². The van der Waals surface area contributed by atoms with Gasteiger partial charge in [-0.15, -0.1) is 0 Å². The van der Waals surface area contributed by atoms with Crippen molar-refractivity contribution in [3.8, 4) is 0 Å². The first-order valence-corrected chi connectivity index (χ1v) is 5.56. The summed E-state index contributed by atoms with van der Waals surface area (Å²) in [6.07, 6.45) is 1.30. The Hall–Kier alpha value is 0. The van der Waals surface area contributed by atoms with Gasteiger partial charge in [0.25, 0.3) is 0 Å². The van der Waals surface area contributed by atoms with Crippen LogP contribution in [-0.4, -0.2) is 0 Å². The second-order valence-corrected chi connectivity index (χ2v) is 6.76. The van der Waals surface area contributed by atoms with Gasteiger partial charge in [-0.2, -0.15) is 0 Å². The SMILES string of the molecule is CC(C)C(C)C(C)(C)CC(C)(C)C. The molecular weight excluding hydrogens is 156 g/mol. The highest BCUT2D eigenvalue weighted by Gasteiger charge is 2.32. The number of hydrogen-bond acceptors (Lipinski definition) is 0. The minimum absolute atomic E-state index is 0.451. The minimum Gasteiger partial charge on any atom is -0.0625 e. The van der Waals surface area contributed by atoms with Crippen molar-refractivity contribution in [2.45, 2.75) is 61.8 Å². The molecule has 0 aliphatic rings. The lowest BCUT2D eigenvalue weighted by Gasteiger charge is -2.39. The lowest BCUT2D eigenvalue weighted by atomic mass is 9.66. The average Bonchev–Trinajstić information content (AvgIpc) is 1.80. The van der Waals surface area contributed by atoms with Gasteiger partial charge in [0.15, 0.2) is 0 Å². The van der Waals surface area contributed by atoms with Gasteiger partial charge in [-0.05, 0) is 29.1 Å². The molecule has 0 aromatic rings. The number of hydrogen-bond donors (Lipinski definition) is 0. The Morgan fingerprint density at radius 3 is 1.46 bits per heavy atom. The Balaban J connectivity index is 4.39. The molecule has 0 saturated carbocycles. The van der Waals surface area contributed by atoms with E-state index in [9.17, 15) is 0 Å². The van der Waals surface area contributed by atoms with Gasteiger partial charge in [-0.25, -0.2) is 0 Å². The molecule has 0 rings (SSSR count). The van der Waals surface area contributed by atoms with Crippen LogP contribution in [-0.2, 0) is 0 Å². The predicted octanol–water partition coefficient (Wildman–Crippen LogP) is 4.74. The van der Waals surface area contributed by atoms with Crippen LogP contribution in [0.2, 0.25) is 0 Å². The molecule has 0 bridgehead atoms. The molecular formula is C13H28. The van der Waals surface area contributed by atoms with Crippen LogP contribution in [0.25, 0.3) is 0 Å². The second-order valence-electron chi connectivity index (χ2n) is 6.76. The zero-order valence-electron chi connectivity index (χ0n) is 10.9. The summed E-state index contributed by atoms with van der Waals surface area (Å²) in [5, 5.41) is 0. The maximum Gasteiger partial charge on any atom is -0.0321 e. The van der Waals surface area contributed by atoms with E-state index in [0.717, 1.165) is 11.8 Å². The van der Waals surface area contributed by atoms with Crippen LogP contribution in [0.15, 0.2) is 0 Å². The molecule has 0 aromatic heterocycles. The van der Waals surface area contributed by atoms with Gasteiger partial charge in [-0.3, -0.25) is 0 Å². The van der Waals surface area contributed by atoms with E-state index in [1.807, 2.05) is 0 Å². The first kappa shape index (κ1) is 13.0. The summed E-state index contributed by atoms with van der Waals surface area (Å²) in [5.74, 6) is 1.59. The van der Waals surface area contributed by atoms with Crippen molar-refractivity contribution in [3.05, 3.63) is 0 Å². The quantitative estimate of drug-likeness (QED) is 0.594. The topological polar surface area (TPSA) is 0 Å². The molecule has 0 amide bonds. The smallest absolute Gasteiger partial charge is 0.0321 e. The monoisotopic (exact) mass is 184 g/mol. The molecule has 0 fully saturated rings. The fourth-order valence-corrected chi connectivity index (χ4v) is 2.43. The van der Waals surface area contributed by atoms with Crippen molar-refractivity contribution in [1.82, 2.24) is 0 Å². The van der Waals surface area contributed by atoms with Gasteiger partial charge in [0.2, 0.25) is 0 Å². The Bertz CT molecular complexity index is 146. The summed E-state index contributed by atoms with van der Waals surface area (Å²) < 4.78 is 0. The van der Waals surface area contributed by atoms with E-state index in [0.29, 0.717) is 10.8 Å². The Morgan fingerprint density at radius 1 is 0.846 bits per heavy atom. The maximum absolute atomic E-state index is 2.41. The van der Waals surface area contributed by atoms with E-state index in [2.05, 4.69) is 55.4 Å². The zero-order chi connectivity index (χ0) is 10.9. The summed E-state index contributed by atoms with van der Waals surface area (Å²) in [7, 11) is 0. The fourth-order valence-electron chi connectivity index (χ4n) is 2.43. The van der Waals surface area contributed by atoms with E-state index in [1.54, 1.807) is 0 Å². The van der Waals surface area contributed by atoms with Crippen LogP contribution in [0, 0.1) is 22.7 Å². The van der Waals surface area contributed by atoms with E-state index in [1.165, 1.54) is 6.42 Å². The van der Waals surface area contributed by atoms with Gasteiger partial charge in [0.1, 0.15) is 0 Å². The highest BCUT2D eigenvalue weighted by molar-refractivity contribution is 4.82. The second kappa shape index (κ2) is 4.02. The van der Waals surface area contributed by atoms with Crippen LogP contribution >= 0.6 is 0 Å². The summed E-state index contributed by atoms with van der Waals surface area (Å²) >= 11 is 0. The summed E-state index contributed by atoms with van der Waals surface area (Å²) in [6.45, 7) is 18.9. The van der Waals surface area contributed by atoms with Crippen molar-refractivity contribution < 1.29 is 0 Å². The molecule has 0 heteroatoms. The highest BCUT2D eigenvalue weighted by atomic mass is 14.4. The first-order chi connectivity index (χ1) is 5.56. The van der Waals surface area contributed by atoms with E-state index in [4.69, 9.17) is 0 Å². The maximum atomic E-state index is 2.41. The Morgan fingerprint density at radius 2 is 1.23 bits per heavy atom. The van der Waals surface area contributed by atoms with E-state index in [-0.39, 0.29) is 0 Å². The molecule has 1 unspecified atom stereocenters. The van der Waals surface area contributed by atoms with Crippen LogP contribution in [0.3, 0.4) is 0 Å². The Kier molecular flexibility index (Phi) is 4.02. The predicted molar refractivity (Wildman–Crippen MR) is 61.9 cm³/mol. The van der Waals surface area contributed by atoms with Gasteiger partial charge in [0, 0.05) is 0 Å². The van der Waals surface area contributed by atoms with Crippen molar-refractivity contribution in [1.29, 1.82) is 0 Å². The van der Waals surface area contributed by atoms with E-state index < -0.39 is 0 Å². The normalized spacial score (nSPS) is 16.4. The first-order valence-electron chi connectivity index (χ1n) is 5.56.